The zero-order valence-electron chi connectivity index (χ0n) is 15.8. The van der Waals surface area contributed by atoms with Gasteiger partial charge in [-0.1, -0.05) is 0 Å². The van der Waals surface area contributed by atoms with Crippen LogP contribution in [0.2, 0.25) is 0 Å². The predicted octanol–water partition coefficient (Wildman–Crippen LogP) is 0.334. The van der Waals surface area contributed by atoms with E-state index in [0.29, 0.717) is 17.8 Å². The van der Waals surface area contributed by atoms with Crippen molar-refractivity contribution in [3.05, 3.63) is 35.5 Å². The van der Waals surface area contributed by atoms with E-state index in [9.17, 15) is 4.79 Å². The fourth-order valence-corrected chi connectivity index (χ4v) is 3.57. The molecule has 1 atom stereocenters. The second-order valence-corrected chi connectivity index (χ2v) is 7.26. The Balaban J connectivity index is 1.52. The first-order valence-corrected chi connectivity index (χ1v) is 9.03. The van der Waals surface area contributed by atoms with Crippen LogP contribution < -0.4 is 0 Å². The third-order valence-electron chi connectivity index (χ3n) is 4.97. The summed E-state index contributed by atoms with van der Waals surface area (Å²) in [6.07, 6.45) is 3.63. The molecule has 27 heavy (non-hydrogen) atoms. The second kappa shape index (κ2) is 7.03. The van der Waals surface area contributed by atoms with Crippen LogP contribution in [-0.2, 0) is 13.6 Å². The summed E-state index contributed by atoms with van der Waals surface area (Å²) < 4.78 is 3.58. The van der Waals surface area contributed by atoms with Crippen LogP contribution in [0.4, 0.5) is 0 Å². The Morgan fingerprint density at radius 2 is 2.11 bits per heavy atom. The number of hydrogen-bond acceptors (Lipinski definition) is 7. The number of nitrogens with zero attached hydrogens (tertiary/aromatic N) is 9. The summed E-state index contributed by atoms with van der Waals surface area (Å²) in [6.45, 7) is 2.12. The van der Waals surface area contributed by atoms with Gasteiger partial charge in [0.25, 0.3) is 5.91 Å². The number of carbonyl (C=O) groups excluding carboxylic acids is 1. The third-order valence-corrected chi connectivity index (χ3v) is 4.97. The first kappa shape index (κ1) is 17.5. The molecule has 1 aliphatic heterocycles. The Morgan fingerprint density at radius 3 is 2.93 bits per heavy atom. The third kappa shape index (κ3) is 3.39. The van der Waals surface area contributed by atoms with Crippen LogP contribution >= 0.6 is 0 Å². The lowest BCUT2D eigenvalue weighted by molar-refractivity contribution is 0.0702. The summed E-state index contributed by atoms with van der Waals surface area (Å²) in [6, 6.07) is 3.53. The number of pyridine rings is 1. The normalized spacial score (nSPS) is 17.8. The molecule has 0 bridgehead atoms. The summed E-state index contributed by atoms with van der Waals surface area (Å²) in [7, 11) is 6.02. The molecule has 0 N–H and O–H groups in total. The van der Waals surface area contributed by atoms with Crippen molar-refractivity contribution >= 4 is 11.6 Å². The van der Waals surface area contributed by atoms with E-state index >= 15 is 0 Å². The van der Waals surface area contributed by atoms with Gasteiger partial charge in [0, 0.05) is 32.3 Å². The molecule has 0 unspecified atom stereocenters. The highest BCUT2D eigenvalue weighted by Gasteiger charge is 2.29. The van der Waals surface area contributed by atoms with Gasteiger partial charge in [-0.25, -0.2) is 0 Å². The molecule has 1 amide bonds. The Morgan fingerprint density at radius 1 is 1.26 bits per heavy atom. The van der Waals surface area contributed by atoms with Gasteiger partial charge in [-0.05, 0) is 49.5 Å². The van der Waals surface area contributed by atoms with Gasteiger partial charge in [-0.2, -0.15) is 4.52 Å². The highest BCUT2D eigenvalue weighted by atomic mass is 16.2. The Kier molecular flexibility index (Phi) is 4.56. The lowest BCUT2D eigenvalue weighted by Crippen LogP contribution is -2.39. The van der Waals surface area contributed by atoms with Crippen molar-refractivity contribution in [2.45, 2.75) is 25.3 Å². The number of amides is 1. The zero-order valence-corrected chi connectivity index (χ0v) is 15.8. The molecule has 10 heteroatoms. The number of aromatic nitrogens is 7. The molecule has 0 saturated carbocycles. The van der Waals surface area contributed by atoms with Crippen LogP contribution in [0.3, 0.4) is 0 Å². The number of piperidine rings is 1. The minimum absolute atomic E-state index is 0.00668. The van der Waals surface area contributed by atoms with E-state index in [0.717, 1.165) is 37.6 Å². The second-order valence-electron chi connectivity index (χ2n) is 7.26. The summed E-state index contributed by atoms with van der Waals surface area (Å²) in [5.74, 6) is 2.06. The zero-order chi connectivity index (χ0) is 19.0. The van der Waals surface area contributed by atoms with Crippen molar-refractivity contribution in [3.8, 4) is 0 Å². The molecule has 1 aliphatic rings. The van der Waals surface area contributed by atoms with Crippen LogP contribution in [-0.4, -0.2) is 77.7 Å². The lowest BCUT2D eigenvalue weighted by Gasteiger charge is -2.32. The minimum atomic E-state index is -0.00668. The number of rotatable bonds is 4. The topological polar surface area (TPSA) is 97.3 Å². The molecule has 4 rings (SSSR count). The maximum atomic E-state index is 13.0. The molecule has 3 aromatic heterocycles. The number of carbonyl (C=O) groups is 1. The van der Waals surface area contributed by atoms with E-state index in [4.69, 9.17) is 0 Å². The monoisotopic (exact) mass is 369 g/mol. The van der Waals surface area contributed by atoms with E-state index in [1.165, 1.54) is 4.52 Å². The quantitative estimate of drug-likeness (QED) is 0.654. The maximum absolute atomic E-state index is 13.0. The van der Waals surface area contributed by atoms with Gasteiger partial charge in [0.15, 0.2) is 5.65 Å². The maximum Gasteiger partial charge on any atom is 0.255 e. The minimum Gasteiger partial charge on any atom is -0.338 e. The van der Waals surface area contributed by atoms with Crippen molar-refractivity contribution in [1.82, 2.24) is 44.6 Å². The first-order valence-electron chi connectivity index (χ1n) is 9.03. The van der Waals surface area contributed by atoms with Gasteiger partial charge in [0.2, 0.25) is 0 Å². The summed E-state index contributed by atoms with van der Waals surface area (Å²) in [5, 5.41) is 20.1. The van der Waals surface area contributed by atoms with Crippen LogP contribution in [0.25, 0.3) is 5.65 Å². The smallest absolute Gasteiger partial charge is 0.255 e. The SMILES string of the molecule is CN(C)Cc1nnc([C@H]2CCCN(C(=O)c3ccc4nnnn4c3)C2)n1C. The fourth-order valence-electron chi connectivity index (χ4n) is 3.57. The molecule has 1 saturated heterocycles. The largest absolute Gasteiger partial charge is 0.338 e. The molecule has 142 valence electrons. The molecule has 0 aliphatic carbocycles. The molecule has 3 aromatic rings. The molecule has 4 heterocycles. The Labute approximate surface area is 156 Å². The summed E-state index contributed by atoms with van der Waals surface area (Å²) in [4.78, 5) is 16.9. The van der Waals surface area contributed by atoms with Crippen LogP contribution in [0.1, 0.15) is 40.8 Å². The lowest BCUT2D eigenvalue weighted by atomic mass is 9.96. The van der Waals surface area contributed by atoms with Crippen molar-refractivity contribution < 1.29 is 4.79 Å². The molecule has 0 radical (unpaired) electrons. The van der Waals surface area contributed by atoms with Gasteiger partial charge < -0.3 is 14.4 Å². The van der Waals surface area contributed by atoms with E-state index in [1.54, 1.807) is 18.3 Å². The standard InChI is InChI=1S/C17H23N9O/c1-23(2)11-15-18-20-16(24(15)3)12-5-4-8-25(9-12)17(27)13-6-7-14-19-21-22-26(14)10-13/h6-7,10,12H,4-5,8-9,11H2,1-3H3/t12-/m0/s1. The van der Waals surface area contributed by atoms with Gasteiger partial charge >= 0.3 is 0 Å². The molecule has 1 fully saturated rings. The van der Waals surface area contributed by atoms with Gasteiger partial charge in [0.1, 0.15) is 11.6 Å². The number of likely N-dealkylation sites (tertiary alicyclic amines) is 1. The predicted molar refractivity (Wildman–Crippen MR) is 97.1 cm³/mol. The summed E-state index contributed by atoms with van der Waals surface area (Å²) >= 11 is 0. The van der Waals surface area contributed by atoms with Crippen molar-refractivity contribution in [2.24, 2.45) is 7.05 Å². The molecule has 0 spiro atoms. The van der Waals surface area contributed by atoms with E-state index in [1.807, 2.05) is 26.0 Å². The first-order chi connectivity index (χ1) is 13.0. The van der Waals surface area contributed by atoms with Crippen LogP contribution in [0.15, 0.2) is 18.3 Å². The number of fused-ring (bicyclic) bond motifs is 1. The number of tetrazole rings is 1. The van der Waals surface area contributed by atoms with Gasteiger partial charge in [-0.3, -0.25) is 4.79 Å². The van der Waals surface area contributed by atoms with Crippen molar-refractivity contribution in [3.63, 3.8) is 0 Å². The highest BCUT2D eigenvalue weighted by molar-refractivity contribution is 5.94. The van der Waals surface area contributed by atoms with Gasteiger partial charge in [-0.15, -0.1) is 15.3 Å². The Bertz CT molecular complexity index is 960. The average Bonchev–Trinajstić information content (AvgIpc) is 3.27. The number of hydrogen-bond donors (Lipinski definition) is 0. The van der Waals surface area contributed by atoms with Crippen molar-refractivity contribution in [1.29, 1.82) is 0 Å². The molecule has 0 aromatic carbocycles. The average molecular weight is 369 g/mol. The van der Waals surface area contributed by atoms with E-state index in [2.05, 4.69) is 35.2 Å². The van der Waals surface area contributed by atoms with E-state index < -0.39 is 0 Å². The van der Waals surface area contributed by atoms with Crippen molar-refractivity contribution in [2.75, 3.05) is 27.2 Å². The molecular formula is C17H23N9O. The highest BCUT2D eigenvalue weighted by Crippen LogP contribution is 2.27. The fraction of sp³-hybridized carbons (Fsp3) is 0.529. The molecular weight excluding hydrogens is 346 g/mol. The Hall–Kier alpha value is -2.88. The van der Waals surface area contributed by atoms with Crippen LogP contribution in [0, 0.1) is 0 Å². The van der Waals surface area contributed by atoms with Crippen LogP contribution in [0.5, 0.6) is 0 Å². The molecule has 10 nitrogen and oxygen atoms in total. The van der Waals surface area contributed by atoms with E-state index in [-0.39, 0.29) is 11.8 Å². The van der Waals surface area contributed by atoms with Gasteiger partial charge in [0.05, 0.1) is 12.1 Å². The summed E-state index contributed by atoms with van der Waals surface area (Å²) in [5.41, 5.74) is 1.21.